The Morgan fingerprint density at radius 3 is 2.00 bits per heavy atom. The lowest BCUT2D eigenvalue weighted by molar-refractivity contribution is -0.203. The average Bonchev–Trinajstić information content (AvgIpc) is 3.99. The number of hydrogen-bond acceptors (Lipinski definition) is 16. The van der Waals surface area contributed by atoms with Crippen molar-refractivity contribution in [3.05, 3.63) is 73.8 Å². The molecule has 1 aromatic carbocycles. The predicted molar refractivity (Wildman–Crippen MR) is 238 cm³/mol. The number of hydrogen-bond donors (Lipinski definition) is 3. The quantitative estimate of drug-likeness (QED) is 0.130. The number of aromatic nitrogens is 6. The minimum atomic E-state index is -2.18. The zero-order chi connectivity index (χ0) is 47.0. The van der Waals surface area contributed by atoms with Crippen molar-refractivity contribution in [1.29, 1.82) is 0 Å². The third-order valence-electron chi connectivity index (χ3n) is 12.2. The molecule has 346 valence electrons. The Bertz CT molecular complexity index is 2770. The second-order valence-electron chi connectivity index (χ2n) is 19.3. The van der Waals surface area contributed by atoms with Crippen LogP contribution in [0, 0.1) is 29.6 Å². The van der Waals surface area contributed by atoms with E-state index in [4.69, 9.17) is 54.0 Å². The molecule has 0 aliphatic carbocycles. The Morgan fingerprint density at radius 1 is 0.831 bits per heavy atom. The normalized spacial score (nSPS) is 26.6. The van der Waals surface area contributed by atoms with E-state index in [2.05, 4.69) is 72.5 Å². The van der Waals surface area contributed by atoms with Crippen LogP contribution in [0.2, 0.25) is 18.1 Å². The lowest BCUT2D eigenvalue weighted by Crippen LogP contribution is -2.44. The Kier molecular flexibility index (Phi) is 11.9. The molecule has 4 fully saturated rings. The first kappa shape index (κ1) is 46.1. The minimum absolute atomic E-state index is 0.0319. The van der Waals surface area contributed by atoms with Crippen molar-refractivity contribution in [1.82, 2.24) is 29.1 Å². The number of anilines is 2. The molecule has 4 aromatic rings. The van der Waals surface area contributed by atoms with Gasteiger partial charge in [-0.15, -0.1) is 0 Å². The van der Waals surface area contributed by atoms with Gasteiger partial charge < -0.3 is 49.1 Å². The summed E-state index contributed by atoms with van der Waals surface area (Å²) in [6.07, 6.45) is -4.34. The number of ether oxygens (including phenoxy) is 7. The number of H-pyrrole nitrogens is 1. The molecule has 19 nitrogen and oxygen atoms in total. The summed E-state index contributed by atoms with van der Waals surface area (Å²) in [5.74, 6) is 9.85. The molecular formula is C45H56N8O11Si. The molecule has 65 heavy (non-hydrogen) atoms. The Labute approximate surface area is 376 Å². The maximum absolute atomic E-state index is 13.3. The SMILES string of the molecule is CC(C)C(=O)OC[C@H]1O[C@@H](n2cc(C#Cc3ccccc3C#Cc3nc4c(N)nc(N)nc4n3[C@@H]3O[C@H](CO[Si](C)(C)C(C)(C)C)[C@H]4OC(C)(C)O[C@H]43)c(=O)[nH]c2=O)[C@@H]2OC(C)(C)O[C@@H]21. The van der Waals surface area contributed by atoms with Gasteiger partial charge in [0.1, 0.15) is 48.8 Å². The van der Waals surface area contributed by atoms with Gasteiger partial charge in [-0.2, -0.15) is 9.97 Å². The number of nitrogens with two attached hydrogens (primary N) is 2. The van der Waals surface area contributed by atoms with E-state index < -0.39 is 86.2 Å². The van der Waals surface area contributed by atoms with Crippen LogP contribution in [0.25, 0.3) is 11.2 Å². The van der Waals surface area contributed by atoms with Crippen molar-refractivity contribution in [3.63, 3.8) is 0 Å². The number of fused-ring (bicyclic) bond motifs is 3. The van der Waals surface area contributed by atoms with Gasteiger partial charge in [0.25, 0.3) is 5.56 Å². The summed E-state index contributed by atoms with van der Waals surface area (Å²) in [7, 11) is -2.18. The predicted octanol–water partition coefficient (Wildman–Crippen LogP) is 3.70. The van der Waals surface area contributed by atoms with Gasteiger partial charge in [-0.3, -0.25) is 23.7 Å². The maximum Gasteiger partial charge on any atom is 0.330 e. The molecule has 0 bridgehead atoms. The summed E-state index contributed by atoms with van der Waals surface area (Å²) < 4.78 is 53.1. The van der Waals surface area contributed by atoms with Crippen LogP contribution < -0.4 is 22.7 Å². The number of nitrogens with one attached hydrogen (secondary N) is 1. The summed E-state index contributed by atoms with van der Waals surface area (Å²) >= 11 is 0. The zero-order valence-electron chi connectivity index (χ0n) is 38.4. The van der Waals surface area contributed by atoms with Gasteiger partial charge in [0.15, 0.2) is 55.2 Å². The van der Waals surface area contributed by atoms with Crippen molar-refractivity contribution < 1.29 is 42.4 Å². The molecule has 5 N–H and O–H groups in total. The molecule has 20 heteroatoms. The monoisotopic (exact) mass is 912 g/mol. The summed E-state index contributed by atoms with van der Waals surface area (Å²) in [6, 6.07) is 7.10. The lowest BCUT2D eigenvalue weighted by Gasteiger charge is -2.37. The fraction of sp³-hybridized carbons (Fsp3) is 0.556. The molecule has 0 radical (unpaired) electrons. The number of carbonyl (C=O) groups is 1. The zero-order valence-corrected chi connectivity index (χ0v) is 39.4. The molecule has 0 saturated carbocycles. The first-order valence-corrected chi connectivity index (χ1v) is 24.4. The molecule has 4 aliphatic rings. The van der Waals surface area contributed by atoms with Crippen LogP contribution in [-0.4, -0.2) is 105 Å². The largest absolute Gasteiger partial charge is 0.463 e. The van der Waals surface area contributed by atoms with Crippen molar-refractivity contribution in [2.45, 2.75) is 141 Å². The van der Waals surface area contributed by atoms with Crippen LogP contribution in [-0.2, 0) is 42.4 Å². The fourth-order valence-electron chi connectivity index (χ4n) is 7.92. The van der Waals surface area contributed by atoms with Crippen LogP contribution >= 0.6 is 0 Å². The van der Waals surface area contributed by atoms with Gasteiger partial charge in [0, 0.05) is 17.3 Å². The van der Waals surface area contributed by atoms with Gasteiger partial charge in [0.05, 0.1) is 12.5 Å². The summed E-state index contributed by atoms with van der Waals surface area (Å²) in [5, 5.41) is -0.0322. The molecule has 7 heterocycles. The van der Waals surface area contributed by atoms with E-state index in [1.54, 1.807) is 56.5 Å². The number of rotatable bonds is 8. The van der Waals surface area contributed by atoms with Crippen LogP contribution in [0.5, 0.6) is 0 Å². The molecule has 0 amide bonds. The molecule has 0 spiro atoms. The van der Waals surface area contributed by atoms with Crippen LogP contribution in [0.1, 0.15) is 97.3 Å². The van der Waals surface area contributed by atoms with Crippen molar-refractivity contribution in [2.75, 3.05) is 24.7 Å². The van der Waals surface area contributed by atoms with E-state index in [-0.39, 0.29) is 52.8 Å². The number of nitrogen functional groups attached to an aromatic ring is 2. The molecule has 3 aromatic heterocycles. The number of esters is 1. The first-order valence-electron chi connectivity index (χ1n) is 21.5. The number of imidazole rings is 1. The van der Waals surface area contributed by atoms with E-state index >= 15 is 0 Å². The fourth-order valence-corrected chi connectivity index (χ4v) is 8.93. The van der Waals surface area contributed by atoms with Gasteiger partial charge in [-0.25, -0.2) is 9.78 Å². The van der Waals surface area contributed by atoms with Crippen molar-refractivity contribution in [2.24, 2.45) is 5.92 Å². The highest BCUT2D eigenvalue weighted by Crippen LogP contribution is 2.46. The number of nitrogens with zero attached hydrogens (tertiary/aromatic N) is 5. The van der Waals surface area contributed by atoms with E-state index in [0.717, 1.165) is 0 Å². The van der Waals surface area contributed by atoms with Crippen molar-refractivity contribution in [3.8, 4) is 23.7 Å². The smallest absolute Gasteiger partial charge is 0.330 e. The third kappa shape index (κ3) is 9.10. The van der Waals surface area contributed by atoms with Crippen LogP contribution in [0.4, 0.5) is 11.8 Å². The van der Waals surface area contributed by atoms with E-state index in [9.17, 15) is 14.4 Å². The number of benzene rings is 1. The van der Waals surface area contributed by atoms with Crippen LogP contribution in [0.15, 0.2) is 40.1 Å². The maximum atomic E-state index is 13.3. The number of aromatic amines is 1. The topological polar surface area (TPSA) is 241 Å². The Hall–Kier alpha value is -5.42. The highest BCUT2D eigenvalue weighted by atomic mass is 28.4. The van der Waals surface area contributed by atoms with Gasteiger partial charge in [0.2, 0.25) is 5.95 Å². The molecular weight excluding hydrogens is 857 g/mol. The van der Waals surface area contributed by atoms with E-state index in [1.165, 1.54) is 10.8 Å². The second-order valence-corrected chi connectivity index (χ2v) is 24.1. The molecule has 8 atom stereocenters. The van der Waals surface area contributed by atoms with Crippen LogP contribution in [0.3, 0.4) is 0 Å². The number of carbonyl (C=O) groups excluding carboxylic acids is 1. The molecule has 4 saturated heterocycles. The van der Waals surface area contributed by atoms with E-state index in [0.29, 0.717) is 16.8 Å². The highest BCUT2D eigenvalue weighted by Gasteiger charge is 2.58. The van der Waals surface area contributed by atoms with E-state index in [1.807, 2.05) is 13.8 Å². The minimum Gasteiger partial charge on any atom is -0.463 e. The third-order valence-corrected chi connectivity index (χ3v) is 16.7. The van der Waals surface area contributed by atoms with Crippen molar-refractivity contribution >= 4 is 37.2 Å². The molecule has 8 rings (SSSR count). The lowest BCUT2D eigenvalue weighted by atomic mass is 10.1. The summed E-state index contributed by atoms with van der Waals surface area (Å²) in [4.78, 5) is 54.6. The Balaban J connectivity index is 1.12. The highest BCUT2D eigenvalue weighted by molar-refractivity contribution is 6.74. The Morgan fingerprint density at radius 2 is 1.38 bits per heavy atom. The summed E-state index contributed by atoms with van der Waals surface area (Å²) in [6.45, 7) is 21.7. The first-order chi connectivity index (χ1) is 30.4. The average molecular weight is 913 g/mol. The molecule has 0 unspecified atom stereocenters. The standard InChI is InChI=1S/C45H56N8O11Si/c1-23(2)40(55)57-21-27-31-33(63-44(6,7)61-31)38(59-27)52-20-26(37(54)51-42(52)56)17-16-24-14-12-13-15-25(24)18-19-29-48-30-35(46)49-41(47)50-36(30)53(29)39-34-32(62-45(8,9)64-34)28(60-39)22-58-65(10,11)43(3,4)5/h12-15,20,23,27-28,31-34,38-39H,21-22H2,1-11H3,(H,51,54,56)(H4,46,47,49,50)/t27-,28-,31-,32-,33-,34-,38-,39-/m1/s1. The summed E-state index contributed by atoms with van der Waals surface area (Å²) in [5.41, 5.74) is 12.5. The second kappa shape index (κ2) is 16.8. The van der Waals surface area contributed by atoms with Gasteiger partial charge in [-0.1, -0.05) is 64.5 Å². The van der Waals surface area contributed by atoms with Gasteiger partial charge in [-0.05, 0) is 63.9 Å². The van der Waals surface area contributed by atoms with Gasteiger partial charge >= 0.3 is 11.7 Å². The molecule has 4 aliphatic heterocycles.